The largest absolute Gasteiger partial charge is 0.466 e. The third kappa shape index (κ3) is 5.41. The molecule has 2 aromatic rings. The summed E-state index contributed by atoms with van der Waals surface area (Å²) >= 11 is 1.55. The first-order chi connectivity index (χ1) is 17.5. The van der Waals surface area contributed by atoms with Crippen molar-refractivity contribution in [2.24, 2.45) is 5.73 Å². The highest BCUT2D eigenvalue weighted by Crippen LogP contribution is 2.42. The van der Waals surface area contributed by atoms with Gasteiger partial charge in [-0.3, -0.25) is 15.2 Å². The van der Waals surface area contributed by atoms with Crippen LogP contribution in [0.1, 0.15) is 35.2 Å². The van der Waals surface area contributed by atoms with E-state index in [1.165, 1.54) is 25.1 Å². The van der Waals surface area contributed by atoms with Gasteiger partial charge in [0.05, 0.1) is 29.9 Å². The molecule has 0 radical (unpaired) electrons. The monoisotopic (exact) mass is 531 g/mol. The fourth-order valence-corrected chi connectivity index (χ4v) is 4.66. The number of anilines is 1. The van der Waals surface area contributed by atoms with Gasteiger partial charge in [0.1, 0.15) is 6.04 Å². The summed E-state index contributed by atoms with van der Waals surface area (Å²) in [5, 5.41) is 18.2. The van der Waals surface area contributed by atoms with E-state index in [1.807, 2.05) is 6.26 Å². The van der Waals surface area contributed by atoms with E-state index in [1.54, 1.807) is 23.9 Å². The average Bonchev–Trinajstić information content (AvgIpc) is 2.86. The molecule has 0 aliphatic carbocycles. The molecule has 1 atom stereocenters. The number of nitrogens with one attached hydrogen (secondary N) is 1. The number of hydrogen-bond donors (Lipinski definition) is 2. The number of nitriles is 1. The number of carbonyl (C=O) groups excluding carboxylic acids is 2. The summed E-state index contributed by atoms with van der Waals surface area (Å²) in [7, 11) is 1.14. The molecule has 0 bridgehead atoms. The number of ether oxygens (including phenoxy) is 1. The van der Waals surface area contributed by atoms with Crippen molar-refractivity contribution in [1.29, 1.82) is 10.7 Å². The van der Waals surface area contributed by atoms with E-state index >= 15 is 0 Å². The Morgan fingerprint density at radius 3 is 2.51 bits per heavy atom. The molecule has 12 heteroatoms. The van der Waals surface area contributed by atoms with Crippen LogP contribution in [0.3, 0.4) is 0 Å². The Kier molecular flexibility index (Phi) is 8.18. The van der Waals surface area contributed by atoms with Crippen molar-refractivity contribution in [2.45, 2.75) is 25.6 Å². The molecular weight excluding hydrogens is 507 g/mol. The van der Waals surface area contributed by atoms with Gasteiger partial charge >= 0.3 is 18.2 Å². The normalized spacial score (nSPS) is 16.0. The van der Waals surface area contributed by atoms with Gasteiger partial charge in [0, 0.05) is 11.4 Å². The minimum atomic E-state index is -4.66. The lowest BCUT2D eigenvalue weighted by Crippen LogP contribution is -2.55. The number of amides is 2. The summed E-state index contributed by atoms with van der Waals surface area (Å²) in [4.78, 5) is 27.7. The number of aryl methyl sites for hydroxylation is 1. The van der Waals surface area contributed by atoms with Gasteiger partial charge in [-0.25, -0.2) is 9.59 Å². The zero-order valence-electron chi connectivity index (χ0n) is 20.2. The molecule has 1 aliphatic heterocycles. The Morgan fingerprint density at radius 1 is 1.24 bits per heavy atom. The van der Waals surface area contributed by atoms with Crippen LogP contribution < -0.4 is 10.6 Å². The van der Waals surface area contributed by atoms with Gasteiger partial charge < -0.3 is 10.5 Å². The quantitative estimate of drug-likeness (QED) is 0.516. The summed E-state index contributed by atoms with van der Waals surface area (Å²) in [6.45, 7) is 1.46. The first kappa shape index (κ1) is 27.6. The first-order valence-electron chi connectivity index (χ1n) is 10.9. The molecule has 0 spiro atoms. The maximum atomic E-state index is 13.4. The van der Waals surface area contributed by atoms with Crippen molar-refractivity contribution in [2.75, 3.05) is 24.0 Å². The third-order valence-corrected chi connectivity index (χ3v) is 6.53. The molecule has 0 saturated heterocycles. The number of halogens is 3. The number of allylic oxidation sites excluding steroid dienone is 1. The van der Waals surface area contributed by atoms with Crippen molar-refractivity contribution in [3.8, 4) is 6.07 Å². The van der Waals surface area contributed by atoms with Crippen LogP contribution in [0.2, 0.25) is 0 Å². The molecule has 0 fully saturated rings. The summed E-state index contributed by atoms with van der Waals surface area (Å²) in [6.07, 6.45) is -2.28. The van der Waals surface area contributed by atoms with Crippen molar-refractivity contribution in [3.05, 3.63) is 76.0 Å². The Bertz CT molecular complexity index is 1320. The molecule has 0 aromatic heterocycles. The number of methoxy groups -OCH3 is 1. The fourth-order valence-electron chi connectivity index (χ4n) is 4.24. The highest BCUT2D eigenvalue weighted by atomic mass is 32.2. The Balaban J connectivity index is 2.33. The standard InChI is InChI=1S/C25H24F3N5O3S/c1-14-20(22(34)36-2)21(19-8-7-15(13-29)11-16(19)9-10-37-3)33(24(31)35)23(30)32(14)18-6-4-5-17(12-18)25(26,27)28/h4-8,11-12,21,30H,9-10H2,1-3H3,(H2,31,35). The fraction of sp³-hybridized carbons (Fsp3) is 0.280. The summed E-state index contributed by atoms with van der Waals surface area (Å²) in [5.41, 5.74) is 6.11. The Morgan fingerprint density at radius 2 is 1.95 bits per heavy atom. The molecule has 1 aliphatic rings. The van der Waals surface area contributed by atoms with Crippen LogP contribution >= 0.6 is 11.8 Å². The molecular formula is C25H24F3N5O3S. The van der Waals surface area contributed by atoms with Crippen molar-refractivity contribution in [3.63, 3.8) is 0 Å². The van der Waals surface area contributed by atoms with Crippen LogP contribution in [0.4, 0.5) is 23.7 Å². The molecule has 194 valence electrons. The smallest absolute Gasteiger partial charge is 0.416 e. The van der Waals surface area contributed by atoms with Crippen molar-refractivity contribution < 1.29 is 27.5 Å². The topological polar surface area (TPSA) is 124 Å². The molecule has 2 aromatic carbocycles. The van der Waals surface area contributed by atoms with Gasteiger partial charge in [-0.15, -0.1) is 0 Å². The minimum Gasteiger partial charge on any atom is -0.466 e. The SMILES string of the molecule is COC(=O)C1=C(C)N(c2cccc(C(F)(F)F)c2)C(=N)N(C(N)=O)C1c1ccc(C#N)cc1CCSC. The number of nitrogens with zero attached hydrogens (tertiary/aromatic N) is 3. The number of carbonyl (C=O) groups is 2. The van der Waals surface area contributed by atoms with E-state index in [2.05, 4.69) is 6.07 Å². The first-order valence-corrected chi connectivity index (χ1v) is 12.3. The molecule has 1 unspecified atom stereocenters. The van der Waals surface area contributed by atoms with E-state index in [9.17, 15) is 28.0 Å². The second-order valence-electron chi connectivity index (χ2n) is 8.08. The van der Waals surface area contributed by atoms with Crippen LogP contribution in [0.25, 0.3) is 0 Å². The molecule has 8 nitrogen and oxygen atoms in total. The van der Waals surface area contributed by atoms with Gasteiger partial charge in [0.2, 0.25) is 5.96 Å². The minimum absolute atomic E-state index is 0.0789. The van der Waals surface area contributed by atoms with Crippen LogP contribution in [0.5, 0.6) is 0 Å². The second-order valence-corrected chi connectivity index (χ2v) is 9.06. The number of benzene rings is 2. The average molecular weight is 532 g/mol. The molecule has 3 N–H and O–H groups in total. The van der Waals surface area contributed by atoms with Crippen molar-refractivity contribution >= 4 is 35.4 Å². The maximum absolute atomic E-state index is 13.4. The van der Waals surface area contributed by atoms with Gasteiger partial charge in [-0.05, 0) is 66.8 Å². The van der Waals surface area contributed by atoms with Crippen LogP contribution in [-0.2, 0) is 22.1 Å². The third-order valence-electron chi connectivity index (χ3n) is 5.91. The van der Waals surface area contributed by atoms with Crippen molar-refractivity contribution in [1.82, 2.24) is 4.90 Å². The van der Waals surface area contributed by atoms with E-state index in [0.29, 0.717) is 28.9 Å². The van der Waals surface area contributed by atoms with Gasteiger partial charge in [-0.1, -0.05) is 12.1 Å². The lowest BCUT2D eigenvalue weighted by Gasteiger charge is -2.43. The Hall–Kier alpha value is -3.98. The van der Waals surface area contributed by atoms with Gasteiger partial charge in [-0.2, -0.15) is 30.2 Å². The lowest BCUT2D eigenvalue weighted by atomic mass is 9.88. The molecule has 37 heavy (non-hydrogen) atoms. The number of guanidine groups is 1. The number of hydrogen-bond acceptors (Lipinski definition) is 6. The summed E-state index contributed by atoms with van der Waals surface area (Å²) in [6, 6.07) is 8.68. The van der Waals surface area contributed by atoms with Crippen LogP contribution in [0.15, 0.2) is 53.7 Å². The summed E-state index contributed by atoms with van der Waals surface area (Å²) in [5.74, 6) is -0.726. The lowest BCUT2D eigenvalue weighted by molar-refractivity contribution is -0.138. The molecule has 0 saturated carbocycles. The van der Waals surface area contributed by atoms with E-state index in [-0.39, 0.29) is 17.0 Å². The number of urea groups is 1. The number of alkyl halides is 3. The maximum Gasteiger partial charge on any atom is 0.416 e. The number of rotatable bonds is 6. The van der Waals surface area contributed by atoms with Crippen LogP contribution in [0, 0.1) is 16.7 Å². The van der Waals surface area contributed by atoms with E-state index in [4.69, 9.17) is 15.9 Å². The van der Waals surface area contributed by atoms with Gasteiger partial charge in [0.25, 0.3) is 0 Å². The number of thioether (sulfide) groups is 1. The second kappa shape index (κ2) is 11.0. The molecule has 1 heterocycles. The number of nitrogens with two attached hydrogens (primary N) is 1. The predicted molar refractivity (Wildman–Crippen MR) is 134 cm³/mol. The summed E-state index contributed by atoms with van der Waals surface area (Å²) < 4.78 is 45.2. The zero-order valence-corrected chi connectivity index (χ0v) is 21.0. The van der Waals surface area contributed by atoms with E-state index in [0.717, 1.165) is 29.0 Å². The molecule has 2 amide bonds. The number of primary amides is 1. The van der Waals surface area contributed by atoms with Crippen LogP contribution in [-0.4, -0.2) is 42.0 Å². The van der Waals surface area contributed by atoms with E-state index < -0.39 is 35.7 Å². The Labute approximate surface area is 216 Å². The predicted octanol–water partition coefficient (Wildman–Crippen LogP) is 4.81. The highest BCUT2D eigenvalue weighted by molar-refractivity contribution is 7.98. The number of esters is 1. The molecule has 3 rings (SSSR count). The van der Waals surface area contributed by atoms with Gasteiger partial charge in [0.15, 0.2) is 0 Å². The highest BCUT2D eigenvalue weighted by Gasteiger charge is 2.44. The zero-order chi connectivity index (χ0) is 27.5.